The first-order valence-corrected chi connectivity index (χ1v) is 12.4. The van der Waals surface area contributed by atoms with E-state index >= 15 is 0 Å². The molecule has 0 bridgehead atoms. The Morgan fingerprint density at radius 1 is 1.09 bits per heavy atom. The fourth-order valence-corrected chi connectivity index (χ4v) is 7.93. The van der Waals surface area contributed by atoms with Crippen LogP contribution < -0.4 is 5.32 Å². The highest BCUT2D eigenvalue weighted by molar-refractivity contribution is 6.53. The summed E-state index contributed by atoms with van der Waals surface area (Å²) in [6, 6.07) is 4.28. The topological polar surface area (TPSA) is 74.0 Å². The second kappa shape index (κ2) is 7.33. The Hall–Kier alpha value is -2.34. The monoisotopic (exact) mass is 449 g/mol. The van der Waals surface area contributed by atoms with Gasteiger partial charge in [0.25, 0.3) is 5.91 Å². The molecule has 1 heterocycles. The minimum atomic E-state index is -0.379. The van der Waals surface area contributed by atoms with Gasteiger partial charge < -0.3 is 10.4 Å². The summed E-state index contributed by atoms with van der Waals surface area (Å²) in [4.78, 5) is 12.4. The van der Waals surface area contributed by atoms with Gasteiger partial charge in [-0.2, -0.15) is 5.10 Å². The number of hydrogen-bond donors (Lipinski definition) is 2. The van der Waals surface area contributed by atoms with E-state index in [-0.39, 0.29) is 34.4 Å². The lowest BCUT2D eigenvalue weighted by molar-refractivity contribution is -0.110. The van der Waals surface area contributed by atoms with Gasteiger partial charge in [0.15, 0.2) is 5.71 Å². The van der Waals surface area contributed by atoms with E-state index in [1.165, 1.54) is 24.1 Å². The average Bonchev–Trinajstić information content (AvgIpc) is 3.27. The van der Waals surface area contributed by atoms with E-state index in [1.807, 2.05) is 0 Å². The number of hydrogen-bond acceptors (Lipinski definition) is 4. The van der Waals surface area contributed by atoms with E-state index in [0.717, 1.165) is 50.7 Å². The third-order valence-electron chi connectivity index (χ3n) is 9.79. The zero-order valence-corrected chi connectivity index (χ0v) is 19.4. The molecule has 1 aliphatic heterocycles. The zero-order chi connectivity index (χ0) is 23.0. The van der Waals surface area contributed by atoms with E-state index < -0.39 is 0 Å². The highest BCUT2D eigenvalue weighted by Gasteiger charge is 2.57. The lowest BCUT2D eigenvalue weighted by Gasteiger charge is -2.57. The minimum absolute atomic E-state index is 0.0157. The van der Waals surface area contributed by atoms with Gasteiger partial charge in [-0.15, -0.1) is 5.10 Å². The first-order valence-electron chi connectivity index (χ1n) is 12.4. The molecular weight excluding hydrogens is 417 g/mol. The van der Waals surface area contributed by atoms with Gasteiger partial charge in [0.2, 0.25) is 0 Å². The number of nitrogens with zero attached hydrogens (tertiary/aromatic N) is 2. The second-order valence-electron chi connectivity index (χ2n) is 11.3. The number of carbonyl (C=O) groups is 1. The average molecular weight is 450 g/mol. The molecule has 0 spiro atoms. The van der Waals surface area contributed by atoms with Crippen molar-refractivity contribution >= 4 is 23.0 Å². The van der Waals surface area contributed by atoms with Crippen molar-refractivity contribution in [1.29, 1.82) is 0 Å². The highest BCUT2D eigenvalue weighted by atomic mass is 19.1. The van der Waals surface area contributed by atoms with E-state index in [0.29, 0.717) is 29.0 Å². The minimum Gasteiger partial charge on any atom is -0.393 e. The number of amides is 1. The third-order valence-corrected chi connectivity index (χ3v) is 9.79. The highest BCUT2D eigenvalue weighted by Crippen LogP contribution is 2.64. The molecule has 4 aliphatic carbocycles. The molecule has 6 atom stereocenters. The number of rotatable bonds is 1. The van der Waals surface area contributed by atoms with E-state index in [1.54, 1.807) is 6.07 Å². The molecule has 6 rings (SSSR count). The van der Waals surface area contributed by atoms with E-state index in [4.69, 9.17) is 0 Å². The first-order chi connectivity index (χ1) is 15.8. The van der Waals surface area contributed by atoms with Crippen LogP contribution in [0.15, 0.2) is 40.1 Å². The van der Waals surface area contributed by atoms with Crippen LogP contribution in [0.3, 0.4) is 0 Å². The first kappa shape index (κ1) is 21.2. The predicted octanol–water partition coefficient (Wildman–Crippen LogP) is 5.25. The largest absolute Gasteiger partial charge is 0.393 e. The normalized spacial score (nSPS) is 41.8. The van der Waals surface area contributed by atoms with Crippen molar-refractivity contribution in [3.63, 3.8) is 0 Å². The van der Waals surface area contributed by atoms with Gasteiger partial charge >= 0.3 is 0 Å². The molecule has 6 heteroatoms. The van der Waals surface area contributed by atoms with Gasteiger partial charge in [0, 0.05) is 16.7 Å². The quantitative estimate of drug-likeness (QED) is 0.454. The zero-order valence-electron chi connectivity index (χ0n) is 19.4. The molecule has 1 aromatic rings. The summed E-state index contributed by atoms with van der Waals surface area (Å²) in [7, 11) is 0. The Labute approximate surface area is 194 Å². The summed E-state index contributed by atoms with van der Waals surface area (Å²) in [5, 5.41) is 22.0. The number of benzene rings is 1. The predicted molar refractivity (Wildman–Crippen MR) is 127 cm³/mol. The molecule has 5 nitrogen and oxygen atoms in total. The number of anilines is 1. The summed E-state index contributed by atoms with van der Waals surface area (Å²) in [5.41, 5.74) is 4.20. The van der Waals surface area contributed by atoms with Crippen LogP contribution in [0.4, 0.5) is 10.1 Å². The summed E-state index contributed by atoms with van der Waals surface area (Å²) in [6.07, 6.45) is 10.6. The smallest absolute Gasteiger partial charge is 0.276 e. The van der Waals surface area contributed by atoms with Crippen molar-refractivity contribution < 1.29 is 14.3 Å². The van der Waals surface area contributed by atoms with Crippen molar-refractivity contribution in [2.75, 3.05) is 5.32 Å². The molecule has 3 saturated carbocycles. The number of halogens is 1. The van der Waals surface area contributed by atoms with Gasteiger partial charge in [-0.05, 0) is 92.7 Å². The molecule has 174 valence electrons. The van der Waals surface area contributed by atoms with Crippen molar-refractivity contribution in [2.45, 2.75) is 71.3 Å². The van der Waals surface area contributed by atoms with Crippen molar-refractivity contribution in [3.8, 4) is 0 Å². The van der Waals surface area contributed by atoms with Crippen molar-refractivity contribution in [3.05, 3.63) is 41.2 Å². The van der Waals surface area contributed by atoms with Crippen LogP contribution in [0.25, 0.3) is 0 Å². The Bertz CT molecular complexity index is 1120. The van der Waals surface area contributed by atoms with Crippen molar-refractivity contribution in [2.24, 2.45) is 38.8 Å². The molecule has 0 saturated heterocycles. The molecule has 0 unspecified atom stereocenters. The van der Waals surface area contributed by atoms with Crippen LogP contribution in [0.2, 0.25) is 0 Å². The van der Waals surface area contributed by atoms with Crippen LogP contribution in [-0.2, 0) is 4.79 Å². The summed E-state index contributed by atoms with van der Waals surface area (Å²) in [5.74, 6) is 1.20. The lowest BCUT2D eigenvalue weighted by Crippen LogP contribution is -2.50. The standard InChI is InChI=1S/C27H32FN3O2/c1-26-11-9-17(32)13-15(26)3-5-18-20-7-8-23(27(20,2)12-10-21(18)26)30-31-24-19-6-4-16(28)14-22(19)29-25(24)33/h3-4,6,14,17-18,20-21,32H,5,7-13H2,1-2H3,(H,29,31,33)/b30-23+/t17-,18-,20-,21-,26-,27-/m0/s1. The van der Waals surface area contributed by atoms with Crippen LogP contribution in [0, 0.1) is 34.4 Å². The van der Waals surface area contributed by atoms with Gasteiger partial charge in [-0.1, -0.05) is 25.5 Å². The molecule has 0 aromatic heterocycles. The van der Waals surface area contributed by atoms with Crippen LogP contribution in [0.5, 0.6) is 0 Å². The Morgan fingerprint density at radius 2 is 1.88 bits per heavy atom. The number of aliphatic hydroxyl groups excluding tert-OH is 1. The van der Waals surface area contributed by atoms with Crippen LogP contribution >= 0.6 is 0 Å². The van der Waals surface area contributed by atoms with Gasteiger partial charge in [0.05, 0.1) is 11.8 Å². The molecule has 33 heavy (non-hydrogen) atoms. The van der Waals surface area contributed by atoms with E-state index in [9.17, 15) is 14.3 Å². The maximum absolute atomic E-state index is 13.5. The third kappa shape index (κ3) is 3.09. The SMILES string of the molecule is C[C@]12CC[C@H](O)CC1=CC[C@@H]1[C@@H]2CC[C@]2(C)/C(=N/N=C3\C(=O)Nc4cc(F)ccc43)CC[C@@H]12. The van der Waals surface area contributed by atoms with Crippen LogP contribution in [0.1, 0.15) is 70.8 Å². The molecule has 0 radical (unpaired) electrons. The Balaban J connectivity index is 1.29. The number of allylic oxidation sites excluding steroid dienone is 1. The summed E-state index contributed by atoms with van der Waals surface area (Å²) >= 11 is 0. The number of nitrogens with one attached hydrogen (secondary N) is 1. The van der Waals surface area contributed by atoms with Crippen molar-refractivity contribution in [1.82, 2.24) is 0 Å². The van der Waals surface area contributed by atoms with Gasteiger partial charge in [-0.25, -0.2) is 4.39 Å². The summed E-state index contributed by atoms with van der Waals surface area (Å²) < 4.78 is 13.5. The maximum atomic E-state index is 13.5. The molecule has 3 fully saturated rings. The molecule has 5 aliphatic rings. The molecule has 1 aromatic carbocycles. The number of fused-ring (bicyclic) bond motifs is 6. The van der Waals surface area contributed by atoms with E-state index in [2.05, 4.69) is 35.4 Å². The van der Waals surface area contributed by atoms with Gasteiger partial charge in [-0.3, -0.25) is 4.79 Å². The fourth-order valence-electron chi connectivity index (χ4n) is 7.93. The second-order valence-corrected chi connectivity index (χ2v) is 11.3. The lowest BCUT2D eigenvalue weighted by atomic mass is 9.48. The number of carbonyl (C=O) groups excluding carboxylic acids is 1. The number of aliphatic hydroxyl groups is 1. The van der Waals surface area contributed by atoms with Gasteiger partial charge in [0.1, 0.15) is 5.82 Å². The molecule has 2 N–H and O–H groups in total. The summed E-state index contributed by atoms with van der Waals surface area (Å²) in [6.45, 7) is 4.79. The fraction of sp³-hybridized carbons (Fsp3) is 0.593. The maximum Gasteiger partial charge on any atom is 0.276 e. The van der Waals surface area contributed by atoms with Crippen LogP contribution in [-0.4, -0.2) is 28.5 Å². The molecular formula is C27H32FN3O2. The Morgan fingerprint density at radius 3 is 2.73 bits per heavy atom. The molecule has 1 amide bonds. The Kier molecular flexibility index (Phi) is 4.71.